The van der Waals surface area contributed by atoms with Crippen molar-refractivity contribution in [3.05, 3.63) is 25.2 Å². The molecule has 0 amide bonds. The van der Waals surface area contributed by atoms with E-state index >= 15 is 0 Å². The average Bonchev–Trinajstić information content (AvgIpc) is 1.61. The van der Waals surface area contributed by atoms with Gasteiger partial charge in [0.05, 0.1) is 12.5 Å². The standard InChI is InChI=1S/C5H8O/c1-3-5-6-4-2/h3-5H,2H2,1H3. The molecule has 1 nitrogen and oxygen atoms in total. The highest BCUT2D eigenvalue weighted by Crippen LogP contribution is 1.72. The van der Waals surface area contributed by atoms with Gasteiger partial charge in [-0.25, -0.2) is 0 Å². The highest BCUT2D eigenvalue weighted by atomic mass is 16.5. The lowest BCUT2D eigenvalue weighted by Crippen LogP contribution is -1.56. The minimum absolute atomic E-state index is 1.38. The Hall–Kier alpha value is -0.720. The van der Waals surface area contributed by atoms with Crippen LogP contribution in [0.15, 0.2) is 25.2 Å². The van der Waals surface area contributed by atoms with Gasteiger partial charge in [-0.2, -0.15) is 0 Å². The molecule has 0 heterocycles. The van der Waals surface area contributed by atoms with Gasteiger partial charge in [0.1, 0.15) is 0 Å². The van der Waals surface area contributed by atoms with E-state index < -0.39 is 0 Å². The van der Waals surface area contributed by atoms with Crippen molar-refractivity contribution in [2.45, 2.75) is 6.92 Å². The van der Waals surface area contributed by atoms with Crippen LogP contribution in [0.1, 0.15) is 6.92 Å². The van der Waals surface area contributed by atoms with Gasteiger partial charge in [0.15, 0.2) is 0 Å². The molecule has 0 rings (SSSR count). The molecule has 0 aliphatic carbocycles. The van der Waals surface area contributed by atoms with Crippen molar-refractivity contribution < 1.29 is 4.74 Å². The van der Waals surface area contributed by atoms with Gasteiger partial charge >= 0.3 is 0 Å². The monoisotopic (exact) mass is 84.1 g/mol. The van der Waals surface area contributed by atoms with Crippen molar-refractivity contribution in [1.29, 1.82) is 0 Å². The van der Waals surface area contributed by atoms with Gasteiger partial charge in [-0.05, 0) is 6.92 Å². The zero-order chi connectivity index (χ0) is 4.83. The van der Waals surface area contributed by atoms with Crippen molar-refractivity contribution in [2.24, 2.45) is 0 Å². The Kier molecular flexibility index (Phi) is 3.77. The van der Waals surface area contributed by atoms with Gasteiger partial charge < -0.3 is 4.74 Å². The summed E-state index contributed by atoms with van der Waals surface area (Å²) < 4.78 is 4.57. The number of allylic oxidation sites excluding steroid dienone is 1. The maximum absolute atomic E-state index is 4.57. The molecule has 0 aromatic rings. The Bertz CT molecular complexity index is 55.0. The van der Waals surface area contributed by atoms with Crippen LogP contribution in [0.4, 0.5) is 0 Å². The lowest BCUT2D eigenvalue weighted by Gasteiger charge is -1.79. The van der Waals surface area contributed by atoms with E-state index in [1.54, 1.807) is 12.3 Å². The Morgan fingerprint density at radius 3 is 2.50 bits per heavy atom. The summed E-state index contributed by atoms with van der Waals surface area (Å²) in [6, 6.07) is 0. The fraction of sp³-hybridized carbons (Fsp3) is 0.200. The van der Waals surface area contributed by atoms with E-state index in [-0.39, 0.29) is 0 Å². The second-order valence-corrected chi connectivity index (χ2v) is 0.772. The lowest BCUT2D eigenvalue weighted by molar-refractivity contribution is 0.404. The van der Waals surface area contributed by atoms with Crippen molar-refractivity contribution in [1.82, 2.24) is 0 Å². The molecule has 0 saturated carbocycles. The molecule has 0 N–H and O–H groups in total. The minimum Gasteiger partial charge on any atom is -0.474 e. The van der Waals surface area contributed by atoms with Gasteiger partial charge in [-0.15, -0.1) is 0 Å². The highest BCUT2D eigenvalue weighted by Gasteiger charge is 1.53. The summed E-state index contributed by atoms with van der Waals surface area (Å²) in [6.45, 7) is 5.20. The molecule has 0 spiro atoms. The molecule has 0 bridgehead atoms. The molecular weight excluding hydrogens is 76.1 g/mol. The number of hydrogen-bond donors (Lipinski definition) is 0. The van der Waals surface area contributed by atoms with Crippen molar-refractivity contribution in [2.75, 3.05) is 0 Å². The fourth-order valence-electron chi connectivity index (χ4n) is 0.134. The zero-order valence-corrected chi connectivity index (χ0v) is 3.85. The van der Waals surface area contributed by atoms with E-state index in [2.05, 4.69) is 11.3 Å². The van der Waals surface area contributed by atoms with Crippen molar-refractivity contribution in [3.8, 4) is 0 Å². The smallest absolute Gasteiger partial charge is 0.0858 e. The molecular formula is C5H8O. The third-order valence-corrected chi connectivity index (χ3v) is 0.311. The first-order chi connectivity index (χ1) is 2.91. The molecule has 0 aliphatic rings. The van der Waals surface area contributed by atoms with Crippen LogP contribution in [0, 0.1) is 0 Å². The molecule has 0 radical (unpaired) electrons. The van der Waals surface area contributed by atoms with Gasteiger partial charge in [-0.3, -0.25) is 0 Å². The molecule has 0 saturated heterocycles. The van der Waals surface area contributed by atoms with E-state index in [9.17, 15) is 0 Å². The van der Waals surface area contributed by atoms with Crippen LogP contribution in [0.3, 0.4) is 0 Å². The molecule has 0 fully saturated rings. The molecule has 0 unspecified atom stereocenters. The van der Waals surface area contributed by atoms with E-state index in [0.29, 0.717) is 0 Å². The second kappa shape index (κ2) is 4.28. The van der Waals surface area contributed by atoms with Crippen LogP contribution in [0.25, 0.3) is 0 Å². The molecule has 6 heavy (non-hydrogen) atoms. The predicted octanol–water partition coefficient (Wildman–Crippen LogP) is 1.68. The first-order valence-corrected chi connectivity index (χ1v) is 1.79. The maximum Gasteiger partial charge on any atom is 0.0858 e. The number of ether oxygens (including phenoxy) is 1. The van der Waals surface area contributed by atoms with E-state index in [1.807, 2.05) is 6.92 Å². The Morgan fingerprint density at radius 2 is 2.33 bits per heavy atom. The van der Waals surface area contributed by atoms with Crippen LogP contribution < -0.4 is 0 Å². The highest BCUT2D eigenvalue weighted by molar-refractivity contribution is 4.68. The summed E-state index contributed by atoms with van der Waals surface area (Å²) in [5, 5.41) is 0. The van der Waals surface area contributed by atoms with Crippen LogP contribution in [0.2, 0.25) is 0 Å². The normalized spacial score (nSPS) is 8.83. The minimum atomic E-state index is 1.38. The fourth-order valence-corrected chi connectivity index (χ4v) is 0.134. The first kappa shape index (κ1) is 5.28. The molecule has 0 aromatic carbocycles. The predicted molar refractivity (Wildman–Crippen MR) is 26.1 cm³/mol. The first-order valence-electron chi connectivity index (χ1n) is 1.79. The van der Waals surface area contributed by atoms with Crippen molar-refractivity contribution >= 4 is 0 Å². The van der Waals surface area contributed by atoms with Gasteiger partial charge in [-0.1, -0.05) is 12.7 Å². The number of rotatable bonds is 2. The maximum atomic E-state index is 4.57. The Labute approximate surface area is 37.9 Å². The Balaban J connectivity index is 2.85. The van der Waals surface area contributed by atoms with E-state index in [0.717, 1.165) is 0 Å². The molecule has 1 heteroatoms. The SMILES string of the molecule is C=COC=CC. The van der Waals surface area contributed by atoms with E-state index in [4.69, 9.17) is 0 Å². The lowest BCUT2D eigenvalue weighted by atomic mass is 10.7. The summed E-state index contributed by atoms with van der Waals surface area (Å²) in [5.74, 6) is 0. The van der Waals surface area contributed by atoms with Crippen LogP contribution >= 0.6 is 0 Å². The van der Waals surface area contributed by atoms with Crippen LogP contribution in [-0.4, -0.2) is 0 Å². The largest absolute Gasteiger partial charge is 0.474 e. The van der Waals surface area contributed by atoms with E-state index in [1.165, 1.54) is 6.26 Å². The summed E-state index contributed by atoms with van der Waals surface area (Å²) in [7, 11) is 0. The van der Waals surface area contributed by atoms with Crippen LogP contribution in [-0.2, 0) is 4.74 Å². The number of hydrogen-bond acceptors (Lipinski definition) is 1. The zero-order valence-electron chi connectivity index (χ0n) is 3.85. The quantitative estimate of drug-likeness (QED) is 0.462. The molecule has 0 aromatic heterocycles. The van der Waals surface area contributed by atoms with Gasteiger partial charge in [0.25, 0.3) is 0 Å². The summed E-state index contributed by atoms with van der Waals surface area (Å²) in [6.07, 6.45) is 4.73. The average molecular weight is 84.1 g/mol. The third kappa shape index (κ3) is 3.28. The third-order valence-electron chi connectivity index (χ3n) is 0.311. The molecule has 0 aliphatic heterocycles. The van der Waals surface area contributed by atoms with Gasteiger partial charge in [0, 0.05) is 0 Å². The molecule has 34 valence electrons. The van der Waals surface area contributed by atoms with Crippen LogP contribution in [0.5, 0.6) is 0 Å². The molecule has 0 atom stereocenters. The van der Waals surface area contributed by atoms with Crippen molar-refractivity contribution in [3.63, 3.8) is 0 Å². The summed E-state index contributed by atoms with van der Waals surface area (Å²) in [4.78, 5) is 0. The van der Waals surface area contributed by atoms with Gasteiger partial charge in [0.2, 0.25) is 0 Å². The summed E-state index contributed by atoms with van der Waals surface area (Å²) in [5.41, 5.74) is 0. The second-order valence-electron chi connectivity index (χ2n) is 0.772. The Morgan fingerprint density at radius 1 is 1.67 bits per heavy atom. The summed E-state index contributed by atoms with van der Waals surface area (Å²) >= 11 is 0. The topological polar surface area (TPSA) is 9.23 Å².